The maximum absolute atomic E-state index is 12.8. The highest BCUT2D eigenvalue weighted by Crippen LogP contribution is 2.61. The van der Waals surface area contributed by atoms with Crippen LogP contribution in [0.4, 0.5) is 0 Å². The van der Waals surface area contributed by atoms with Crippen molar-refractivity contribution in [3.05, 3.63) is 22.8 Å². The molecule has 2 aliphatic rings. The average Bonchev–Trinajstić information content (AvgIpc) is 2.82. The van der Waals surface area contributed by atoms with Crippen LogP contribution in [0.15, 0.2) is 22.8 Å². The van der Waals surface area contributed by atoms with Gasteiger partial charge in [0.25, 0.3) is 0 Å². The number of rotatable bonds is 13. The van der Waals surface area contributed by atoms with Crippen LogP contribution in [0.1, 0.15) is 112 Å². The first-order valence-corrected chi connectivity index (χ1v) is 14.0. The lowest BCUT2D eigenvalue weighted by atomic mass is 9.47. The minimum Gasteiger partial charge on any atom is -0.478 e. The maximum atomic E-state index is 12.8. The number of aliphatic carboxylic acids is 1. The molecule has 0 aromatic rings. The first kappa shape index (κ1) is 31.1. The van der Waals surface area contributed by atoms with Crippen LogP contribution >= 0.6 is 0 Å². The van der Waals surface area contributed by atoms with Crippen molar-refractivity contribution in [2.24, 2.45) is 16.7 Å². The van der Waals surface area contributed by atoms with Crippen molar-refractivity contribution < 1.29 is 34.1 Å². The number of unbranched alkanes of at least 4 members (excludes halogenated alkanes) is 2. The van der Waals surface area contributed by atoms with E-state index in [9.17, 15) is 19.5 Å². The molecule has 7 heteroatoms. The van der Waals surface area contributed by atoms with Gasteiger partial charge in [0, 0.05) is 36.7 Å². The Bertz CT molecular complexity index is 888. The zero-order valence-electron chi connectivity index (χ0n) is 23.7. The number of aliphatic hydroxyl groups is 1. The molecule has 37 heavy (non-hydrogen) atoms. The SMILES string of the molecule is CCCCC(=O)O[C@@H]1CC(C)=C(CC/C(C)=C/C(=O)O)[C@@]2(C)CC[C@@H](OC(=O)CCCC)[C@](C)(CO)C12. The van der Waals surface area contributed by atoms with Crippen molar-refractivity contribution in [3.63, 3.8) is 0 Å². The summed E-state index contributed by atoms with van der Waals surface area (Å²) in [6, 6.07) is 0. The Hall–Kier alpha value is -2.15. The van der Waals surface area contributed by atoms with Crippen molar-refractivity contribution in [1.82, 2.24) is 0 Å². The van der Waals surface area contributed by atoms with Gasteiger partial charge in [-0.3, -0.25) is 9.59 Å². The van der Waals surface area contributed by atoms with Crippen LogP contribution < -0.4 is 0 Å². The van der Waals surface area contributed by atoms with Gasteiger partial charge in [-0.05, 0) is 57.8 Å². The molecule has 0 bridgehead atoms. The molecule has 0 aromatic carbocycles. The van der Waals surface area contributed by atoms with Crippen LogP contribution in [0, 0.1) is 16.7 Å². The smallest absolute Gasteiger partial charge is 0.328 e. The zero-order chi connectivity index (χ0) is 27.8. The number of carbonyl (C=O) groups is 3. The fraction of sp³-hybridized carbons (Fsp3) is 0.767. The fourth-order valence-electron chi connectivity index (χ4n) is 6.74. The molecular formula is C30H48O7. The van der Waals surface area contributed by atoms with E-state index in [1.54, 1.807) is 0 Å². The molecule has 210 valence electrons. The number of ether oxygens (including phenoxy) is 2. The molecule has 0 aromatic heterocycles. The van der Waals surface area contributed by atoms with E-state index in [2.05, 4.69) is 13.8 Å². The topological polar surface area (TPSA) is 110 Å². The normalized spacial score (nSPS) is 30.0. The van der Waals surface area contributed by atoms with E-state index in [-0.39, 0.29) is 29.9 Å². The molecule has 0 aliphatic heterocycles. The molecule has 0 spiro atoms. The van der Waals surface area contributed by atoms with Gasteiger partial charge in [-0.2, -0.15) is 0 Å². The van der Waals surface area contributed by atoms with Crippen molar-refractivity contribution in [2.75, 3.05) is 6.61 Å². The molecule has 1 saturated carbocycles. The Labute approximate surface area is 222 Å². The largest absolute Gasteiger partial charge is 0.478 e. The summed E-state index contributed by atoms with van der Waals surface area (Å²) in [4.78, 5) is 36.5. The monoisotopic (exact) mass is 520 g/mol. The Kier molecular flexibility index (Phi) is 11.4. The van der Waals surface area contributed by atoms with E-state index in [4.69, 9.17) is 14.6 Å². The minimum atomic E-state index is -0.951. The third kappa shape index (κ3) is 7.46. The Morgan fingerprint density at radius 3 is 2.16 bits per heavy atom. The Morgan fingerprint density at radius 1 is 1.03 bits per heavy atom. The standard InChI is InChI=1S/C30H48O7/c1-7-9-11-26(34)36-23-18-21(4)22(14-13-20(3)17-25(32)33)29(5)16-15-24(30(6,19-31)28(23)29)37-27(35)12-10-8-2/h17,23-24,28,31H,7-16,18-19H2,1-6H3,(H,32,33)/b20-17+/t23-,24-,28?,29-,30+/m1/s1. The van der Waals surface area contributed by atoms with E-state index < -0.39 is 23.6 Å². The molecule has 2 aliphatic carbocycles. The molecule has 0 saturated heterocycles. The number of fused-ring (bicyclic) bond motifs is 1. The molecule has 7 nitrogen and oxygen atoms in total. The second-order valence-electron chi connectivity index (χ2n) is 11.6. The molecule has 0 heterocycles. The van der Waals surface area contributed by atoms with Gasteiger partial charge in [0.2, 0.25) is 0 Å². The number of esters is 2. The number of carboxylic acids is 1. The lowest BCUT2D eigenvalue weighted by Gasteiger charge is -2.60. The van der Waals surface area contributed by atoms with Crippen LogP contribution in [0.2, 0.25) is 0 Å². The first-order chi connectivity index (χ1) is 17.4. The summed E-state index contributed by atoms with van der Waals surface area (Å²) in [7, 11) is 0. The van der Waals surface area contributed by atoms with Gasteiger partial charge < -0.3 is 19.7 Å². The lowest BCUT2D eigenvalue weighted by molar-refractivity contribution is -0.200. The highest BCUT2D eigenvalue weighted by atomic mass is 16.6. The van der Waals surface area contributed by atoms with Crippen molar-refractivity contribution in [2.45, 2.75) is 124 Å². The number of aliphatic hydroxyl groups excluding tert-OH is 1. The van der Waals surface area contributed by atoms with Gasteiger partial charge in [-0.25, -0.2) is 4.79 Å². The minimum absolute atomic E-state index is 0.188. The number of carboxylic acid groups (broad SMARTS) is 1. The van der Waals surface area contributed by atoms with E-state index in [1.807, 2.05) is 27.7 Å². The zero-order valence-corrected chi connectivity index (χ0v) is 23.7. The Balaban J connectivity index is 2.47. The van der Waals surface area contributed by atoms with Gasteiger partial charge in [0.15, 0.2) is 0 Å². The molecule has 2 N–H and O–H groups in total. The number of hydrogen-bond donors (Lipinski definition) is 2. The average molecular weight is 521 g/mol. The van der Waals surface area contributed by atoms with Crippen LogP contribution in [-0.4, -0.2) is 46.9 Å². The fourth-order valence-corrected chi connectivity index (χ4v) is 6.74. The van der Waals surface area contributed by atoms with Crippen molar-refractivity contribution >= 4 is 17.9 Å². The molecule has 0 radical (unpaired) electrons. The van der Waals surface area contributed by atoms with Crippen molar-refractivity contribution in [1.29, 1.82) is 0 Å². The van der Waals surface area contributed by atoms with Gasteiger partial charge in [0.1, 0.15) is 12.2 Å². The second-order valence-corrected chi connectivity index (χ2v) is 11.6. The van der Waals surface area contributed by atoms with Crippen LogP contribution in [0.3, 0.4) is 0 Å². The van der Waals surface area contributed by atoms with E-state index in [0.29, 0.717) is 38.5 Å². The number of carbonyl (C=O) groups excluding carboxylic acids is 2. The summed E-state index contributed by atoms with van der Waals surface area (Å²) >= 11 is 0. The second kappa shape index (κ2) is 13.6. The lowest BCUT2D eigenvalue weighted by Crippen LogP contribution is -2.61. The van der Waals surface area contributed by atoms with Gasteiger partial charge in [-0.15, -0.1) is 0 Å². The van der Waals surface area contributed by atoms with Crippen LogP contribution in [0.25, 0.3) is 0 Å². The molecule has 1 fully saturated rings. The van der Waals surface area contributed by atoms with E-state index >= 15 is 0 Å². The predicted molar refractivity (Wildman–Crippen MR) is 143 cm³/mol. The van der Waals surface area contributed by atoms with Crippen molar-refractivity contribution in [3.8, 4) is 0 Å². The predicted octanol–water partition coefficient (Wildman–Crippen LogP) is 6.14. The van der Waals surface area contributed by atoms with Crippen LogP contribution in [0.5, 0.6) is 0 Å². The quantitative estimate of drug-likeness (QED) is 0.171. The molecule has 1 unspecified atom stereocenters. The highest BCUT2D eigenvalue weighted by Gasteiger charge is 2.61. The molecular weight excluding hydrogens is 472 g/mol. The summed E-state index contributed by atoms with van der Waals surface area (Å²) in [6.45, 7) is 11.9. The summed E-state index contributed by atoms with van der Waals surface area (Å²) in [5.74, 6) is -1.67. The van der Waals surface area contributed by atoms with Crippen LogP contribution in [-0.2, 0) is 23.9 Å². The highest BCUT2D eigenvalue weighted by molar-refractivity contribution is 5.80. The molecule has 2 rings (SSSR count). The maximum Gasteiger partial charge on any atom is 0.328 e. The molecule has 5 atom stereocenters. The summed E-state index contributed by atoms with van der Waals surface area (Å²) in [5, 5.41) is 19.9. The third-order valence-corrected chi connectivity index (χ3v) is 8.65. The number of allylic oxidation sites excluding steroid dienone is 2. The summed E-state index contributed by atoms with van der Waals surface area (Å²) < 4.78 is 12.1. The van der Waals surface area contributed by atoms with E-state index in [0.717, 1.165) is 43.3 Å². The first-order valence-electron chi connectivity index (χ1n) is 14.0. The van der Waals surface area contributed by atoms with Gasteiger partial charge in [0.05, 0.1) is 6.61 Å². The summed E-state index contributed by atoms with van der Waals surface area (Å²) in [6.07, 6.45) is 7.61. The number of hydrogen-bond acceptors (Lipinski definition) is 6. The Morgan fingerprint density at radius 2 is 1.62 bits per heavy atom. The van der Waals surface area contributed by atoms with E-state index in [1.165, 1.54) is 11.6 Å². The molecule has 0 amide bonds. The summed E-state index contributed by atoms with van der Waals surface area (Å²) in [5.41, 5.74) is 2.03. The van der Waals surface area contributed by atoms with Gasteiger partial charge >= 0.3 is 17.9 Å². The third-order valence-electron chi connectivity index (χ3n) is 8.65. The van der Waals surface area contributed by atoms with Gasteiger partial charge in [-0.1, -0.05) is 57.3 Å².